The predicted octanol–water partition coefficient (Wildman–Crippen LogP) is 3.99. The molecule has 0 aromatic carbocycles. The molecule has 17 heavy (non-hydrogen) atoms. The molecule has 96 valence electrons. The summed E-state index contributed by atoms with van der Waals surface area (Å²) in [5.74, 6) is 0.0851. The lowest BCUT2D eigenvalue weighted by Gasteiger charge is -2.43. The van der Waals surface area contributed by atoms with Crippen LogP contribution in [0.1, 0.15) is 31.6 Å². The van der Waals surface area contributed by atoms with Gasteiger partial charge in [-0.3, -0.25) is 0 Å². The van der Waals surface area contributed by atoms with Gasteiger partial charge < -0.3 is 9.47 Å². The standard InChI is InChI=1S/C13H19ClO2S/c1-12(2)9-15-13(16-10-12,6-4-7-14)11-5-3-8-17-11/h3,5,8H,4,6-7,9-10H2,1-2H3. The Hall–Kier alpha value is -0.0900. The molecule has 0 radical (unpaired) electrons. The molecule has 0 N–H and O–H groups in total. The molecular formula is C13H19ClO2S. The summed E-state index contributed by atoms with van der Waals surface area (Å²) in [6.07, 6.45) is 1.73. The van der Waals surface area contributed by atoms with E-state index in [0.717, 1.165) is 30.9 Å². The predicted molar refractivity (Wildman–Crippen MR) is 71.6 cm³/mol. The number of halogens is 1. The van der Waals surface area contributed by atoms with E-state index < -0.39 is 5.79 Å². The summed E-state index contributed by atoms with van der Waals surface area (Å²) in [7, 11) is 0. The van der Waals surface area contributed by atoms with Gasteiger partial charge in [-0.25, -0.2) is 0 Å². The maximum absolute atomic E-state index is 6.06. The summed E-state index contributed by atoms with van der Waals surface area (Å²) in [6.45, 7) is 5.78. The Morgan fingerprint density at radius 3 is 2.59 bits per heavy atom. The number of alkyl halides is 1. The molecule has 1 fully saturated rings. The van der Waals surface area contributed by atoms with E-state index in [9.17, 15) is 0 Å². The quantitative estimate of drug-likeness (QED) is 0.773. The summed E-state index contributed by atoms with van der Waals surface area (Å²) in [4.78, 5) is 1.15. The van der Waals surface area contributed by atoms with Gasteiger partial charge in [0, 0.05) is 17.7 Å². The molecule has 2 nitrogen and oxygen atoms in total. The minimum atomic E-state index is -0.557. The second-order valence-corrected chi connectivity index (χ2v) is 6.59. The number of rotatable bonds is 4. The second kappa shape index (κ2) is 5.27. The molecule has 0 bridgehead atoms. The van der Waals surface area contributed by atoms with E-state index in [2.05, 4.69) is 25.3 Å². The zero-order valence-corrected chi connectivity index (χ0v) is 11.9. The third-order valence-electron chi connectivity index (χ3n) is 2.93. The van der Waals surface area contributed by atoms with Gasteiger partial charge in [-0.05, 0) is 17.9 Å². The Morgan fingerprint density at radius 2 is 2.06 bits per heavy atom. The smallest absolute Gasteiger partial charge is 0.204 e. The molecule has 0 spiro atoms. The maximum Gasteiger partial charge on any atom is 0.204 e. The molecule has 0 aliphatic carbocycles. The number of ether oxygens (including phenoxy) is 2. The van der Waals surface area contributed by atoms with Crippen LogP contribution in [-0.2, 0) is 15.3 Å². The molecule has 1 aromatic heterocycles. The SMILES string of the molecule is CC1(C)COC(CCCCl)(c2cccs2)OC1. The molecule has 0 atom stereocenters. The van der Waals surface area contributed by atoms with Crippen LogP contribution < -0.4 is 0 Å². The average molecular weight is 275 g/mol. The molecule has 0 unspecified atom stereocenters. The van der Waals surface area contributed by atoms with Gasteiger partial charge in [-0.1, -0.05) is 19.9 Å². The van der Waals surface area contributed by atoms with E-state index in [1.807, 2.05) is 6.07 Å². The second-order valence-electron chi connectivity index (χ2n) is 5.26. The molecule has 0 amide bonds. The van der Waals surface area contributed by atoms with Crippen molar-refractivity contribution in [2.75, 3.05) is 19.1 Å². The van der Waals surface area contributed by atoms with Crippen molar-refractivity contribution in [2.45, 2.75) is 32.5 Å². The summed E-state index contributed by atoms with van der Waals surface area (Å²) < 4.78 is 12.1. The monoisotopic (exact) mass is 274 g/mol. The van der Waals surface area contributed by atoms with Gasteiger partial charge in [-0.15, -0.1) is 22.9 Å². The molecule has 1 aromatic rings. The van der Waals surface area contributed by atoms with Gasteiger partial charge in [0.1, 0.15) is 0 Å². The van der Waals surface area contributed by atoms with Crippen molar-refractivity contribution in [3.63, 3.8) is 0 Å². The highest BCUT2D eigenvalue weighted by Gasteiger charge is 2.42. The van der Waals surface area contributed by atoms with Crippen LogP contribution in [0.15, 0.2) is 17.5 Å². The van der Waals surface area contributed by atoms with Gasteiger partial charge in [0.25, 0.3) is 0 Å². The number of hydrogen-bond donors (Lipinski definition) is 0. The lowest BCUT2D eigenvalue weighted by Crippen LogP contribution is -2.45. The van der Waals surface area contributed by atoms with Gasteiger partial charge in [0.2, 0.25) is 5.79 Å². The van der Waals surface area contributed by atoms with E-state index in [1.54, 1.807) is 11.3 Å². The highest BCUT2D eigenvalue weighted by atomic mass is 35.5. The van der Waals surface area contributed by atoms with Crippen LogP contribution >= 0.6 is 22.9 Å². The van der Waals surface area contributed by atoms with E-state index in [1.165, 1.54) is 0 Å². The van der Waals surface area contributed by atoms with Gasteiger partial charge in [0.15, 0.2) is 0 Å². The fourth-order valence-electron chi connectivity index (χ4n) is 1.91. The lowest BCUT2D eigenvalue weighted by molar-refractivity contribution is -0.309. The van der Waals surface area contributed by atoms with Crippen LogP contribution in [0.5, 0.6) is 0 Å². The van der Waals surface area contributed by atoms with Gasteiger partial charge >= 0.3 is 0 Å². The highest BCUT2D eigenvalue weighted by Crippen LogP contribution is 2.41. The average Bonchev–Trinajstić information content (AvgIpc) is 2.83. The molecule has 0 saturated carbocycles. The number of thiophene rings is 1. The molecule has 4 heteroatoms. The lowest BCUT2D eigenvalue weighted by atomic mass is 9.93. The van der Waals surface area contributed by atoms with Crippen molar-refractivity contribution in [3.05, 3.63) is 22.4 Å². The van der Waals surface area contributed by atoms with Crippen molar-refractivity contribution >= 4 is 22.9 Å². The molecule has 2 heterocycles. The van der Waals surface area contributed by atoms with Gasteiger partial charge in [0.05, 0.1) is 18.1 Å². The van der Waals surface area contributed by atoms with Crippen molar-refractivity contribution in [1.29, 1.82) is 0 Å². The van der Waals surface area contributed by atoms with Crippen LogP contribution in [0, 0.1) is 5.41 Å². The van der Waals surface area contributed by atoms with Gasteiger partial charge in [-0.2, -0.15) is 0 Å². The zero-order chi connectivity index (χ0) is 12.4. The van der Waals surface area contributed by atoms with Crippen LogP contribution in [0.3, 0.4) is 0 Å². The minimum absolute atomic E-state index is 0.0989. The largest absolute Gasteiger partial charge is 0.345 e. The molecular weight excluding hydrogens is 256 g/mol. The van der Waals surface area contributed by atoms with E-state index >= 15 is 0 Å². The van der Waals surface area contributed by atoms with Crippen LogP contribution in [-0.4, -0.2) is 19.1 Å². The Bertz CT molecular complexity index is 338. The maximum atomic E-state index is 6.06. The Kier molecular flexibility index (Phi) is 4.14. The topological polar surface area (TPSA) is 18.5 Å². The molecule has 1 aliphatic heterocycles. The minimum Gasteiger partial charge on any atom is -0.345 e. The fourth-order valence-corrected chi connectivity index (χ4v) is 2.91. The molecule has 2 rings (SSSR count). The highest BCUT2D eigenvalue weighted by molar-refractivity contribution is 7.10. The third-order valence-corrected chi connectivity index (χ3v) is 4.19. The summed E-state index contributed by atoms with van der Waals surface area (Å²) in [6, 6.07) is 4.12. The third kappa shape index (κ3) is 3.02. The van der Waals surface area contributed by atoms with Crippen molar-refractivity contribution in [1.82, 2.24) is 0 Å². The Morgan fingerprint density at radius 1 is 1.35 bits per heavy atom. The first-order valence-corrected chi connectivity index (χ1v) is 7.37. The van der Waals surface area contributed by atoms with Crippen molar-refractivity contribution in [3.8, 4) is 0 Å². The summed E-state index contributed by atoms with van der Waals surface area (Å²) >= 11 is 7.48. The van der Waals surface area contributed by atoms with E-state index in [0.29, 0.717) is 5.88 Å². The van der Waals surface area contributed by atoms with Crippen LogP contribution in [0.4, 0.5) is 0 Å². The van der Waals surface area contributed by atoms with Crippen molar-refractivity contribution in [2.24, 2.45) is 5.41 Å². The first-order chi connectivity index (χ1) is 8.08. The fraction of sp³-hybridized carbons (Fsp3) is 0.692. The van der Waals surface area contributed by atoms with Crippen molar-refractivity contribution < 1.29 is 9.47 Å². The number of hydrogen-bond acceptors (Lipinski definition) is 3. The van der Waals surface area contributed by atoms with E-state index in [-0.39, 0.29) is 5.41 Å². The van der Waals surface area contributed by atoms with E-state index in [4.69, 9.17) is 21.1 Å². The Labute approximate surface area is 112 Å². The normalized spacial score (nSPS) is 22.5. The summed E-state index contributed by atoms with van der Waals surface area (Å²) in [5.41, 5.74) is 0.0989. The Balaban J connectivity index is 2.15. The summed E-state index contributed by atoms with van der Waals surface area (Å²) in [5, 5.41) is 2.06. The van der Waals surface area contributed by atoms with Crippen LogP contribution in [0.25, 0.3) is 0 Å². The zero-order valence-electron chi connectivity index (χ0n) is 10.4. The first kappa shape index (κ1) is 13.3. The van der Waals surface area contributed by atoms with Crippen LogP contribution in [0.2, 0.25) is 0 Å². The first-order valence-electron chi connectivity index (χ1n) is 5.96. The molecule has 1 saturated heterocycles. The molecule has 1 aliphatic rings.